The van der Waals surface area contributed by atoms with Gasteiger partial charge in [0.25, 0.3) is 0 Å². The largest absolute Gasteiger partial charge is 0.446 e. The molecule has 110 valence electrons. The Morgan fingerprint density at radius 3 is 2.52 bits per heavy atom. The molecule has 0 aliphatic heterocycles. The van der Waals surface area contributed by atoms with Crippen LogP contribution >= 0.6 is 0 Å². The molecule has 0 N–H and O–H groups in total. The van der Waals surface area contributed by atoms with E-state index in [0.29, 0.717) is 6.42 Å². The minimum absolute atomic E-state index is 0.254. The lowest BCUT2D eigenvalue weighted by molar-refractivity contribution is -0.164. The second-order valence-electron chi connectivity index (χ2n) is 5.11. The third-order valence-electron chi connectivity index (χ3n) is 3.64. The Morgan fingerprint density at radius 1 is 1.14 bits per heavy atom. The Morgan fingerprint density at radius 2 is 1.86 bits per heavy atom. The lowest BCUT2D eigenvalue weighted by Crippen LogP contribution is -2.34. The monoisotopic (exact) mass is 284 g/mol. The summed E-state index contributed by atoms with van der Waals surface area (Å²) < 4.78 is 5.56. The van der Waals surface area contributed by atoms with Crippen molar-refractivity contribution >= 4 is 23.0 Å². The van der Waals surface area contributed by atoms with Crippen LogP contribution in [0, 0.1) is 0 Å². The van der Waals surface area contributed by atoms with Crippen molar-refractivity contribution < 1.29 is 14.3 Å². The number of hydrogen-bond donors (Lipinski definition) is 0. The number of fused-ring (bicyclic) bond motifs is 1. The van der Waals surface area contributed by atoms with Crippen LogP contribution in [0.15, 0.2) is 42.5 Å². The fourth-order valence-electron chi connectivity index (χ4n) is 2.63. The molecule has 3 heteroatoms. The summed E-state index contributed by atoms with van der Waals surface area (Å²) in [6.07, 6.45) is 2.26. The van der Waals surface area contributed by atoms with Gasteiger partial charge in [-0.25, -0.2) is 0 Å². The van der Waals surface area contributed by atoms with Crippen molar-refractivity contribution in [3.8, 4) is 0 Å². The molecule has 0 aromatic heterocycles. The average molecular weight is 284 g/mol. The minimum Gasteiger partial charge on any atom is -0.446 e. The van der Waals surface area contributed by atoms with Gasteiger partial charge in [-0.15, -0.1) is 0 Å². The molecule has 3 nitrogen and oxygen atoms in total. The lowest BCUT2D eigenvalue weighted by atomic mass is 9.86. The Bertz CT molecular complexity index is 642. The number of rotatable bonds is 6. The van der Waals surface area contributed by atoms with Gasteiger partial charge in [-0.3, -0.25) is 9.59 Å². The number of aldehydes is 1. The predicted molar refractivity (Wildman–Crippen MR) is 83.0 cm³/mol. The van der Waals surface area contributed by atoms with Gasteiger partial charge in [0.05, 0.1) is 0 Å². The van der Waals surface area contributed by atoms with E-state index in [9.17, 15) is 9.59 Å². The van der Waals surface area contributed by atoms with E-state index >= 15 is 0 Å². The Balaban J connectivity index is 2.62. The summed E-state index contributed by atoms with van der Waals surface area (Å²) in [5.41, 5.74) is -0.429. The van der Waals surface area contributed by atoms with Crippen molar-refractivity contribution in [3.63, 3.8) is 0 Å². The zero-order valence-electron chi connectivity index (χ0n) is 12.5. The van der Waals surface area contributed by atoms with Gasteiger partial charge >= 0.3 is 5.97 Å². The van der Waals surface area contributed by atoms with E-state index in [1.165, 1.54) is 0 Å². The molecular formula is C18H20O3. The van der Waals surface area contributed by atoms with Gasteiger partial charge in [0.15, 0.2) is 11.9 Å². The molecule has 0 radical (unpaired) electrons. The fourth-order valence-corrected chi connectivity index (χ4v) is 2.63. The van der Waals surface area contributed by atoms with Gasteiger partial charge in [0, 0.05) is 12.0 Å². The van der Waals surface area contributed by atoms with Crippen LogP contribution in [0.1, 0.15) is 38.7 Å². The van der Waals surface area contributed by atoms with E-state index in [4.69, 9.17) is 4.74 Å². The average Bonchev–Trinajstić information content (AvgIpc) is 2.53. The molecule has 0 aliphatic rings. The van der Waals surface area contributed by atoms with Crippen molar-refractivity contribution in [1.82, 2.24) is 0 Å². The molecule has 1 unspecified atom stereocenters. The molecule has 0 heterocycles. The first-order chi connectivity index (χ1) is 10.2. The molecular weight excluding hydrogens is 264 g/mol. The molecule has 0 amide bonds. The van der Waals surface area contributed by atoms with E-state index < -0.39 is 5.60 Å². The lowest BCUT2D eigenvalue weighted by Gasteiger charge is -2.29. The molecule has 0 fully saturated rings. The van der Waals surface area contributed by atoms with Crippen molar-refractivity contribution in [2.45, 2.75) is 38.7 Å². The quantitative estimate of drug-likeness (QED) is 0.595. The smallest absolute Gasteiger partial charge is 0.306 e. The first-order valence-corrected chi connectivity index (χ1v) is 7.33. The van der Waals surface area contributed by atoms with Crippen molar-refractivity contribution in [1.29, 1.82) is 0 Å². The molecule has 2 aromatic carbocycles. The molecule has 0 spiro atoms. The first-order valence-electron chi connectivity index (χ1n) is 7.33. The second kappa shape index (κ2) is 6.53. The van der Waals surface area contributed by atoms with E-state index in [1.54, 1.807) is 6.92 Å². The predicted octanol–water partition coefficient (Wildman–Crippen LogP) is 3.99. The molecule has 0 bridgehead atoms. The van der Waals surface area contributed by atoms with Gasteiger partial charge < -0.3 is 4.74 Å². The van der Waals surface area contributed by atoms with Gasteiger partial charge in [-0.05, 0) is 17.2 Å². The van der Waals surface area contributed by atoms with Crippen LogP contribution in [0.4, 0.5) is 0 Å². The van der Waals surface area contributed by atoms with E-state index in [-0.39, 0.29) is 12.4 Å². The maximum atomic E-state index is 11.8. The highest BCUT2D eigenvalue weighted by atomic mass is 16.6. The summed E-state index contributed by atoms with van der Waals surface area (Å²) in [6.45, 7) is 3.70. The number of benzene rings is 2. The highest BCUT2D eigenvalue weighted by Gasteiger charge is 2.36. The van der Waals surface area contributed by atoms with Crippen LogP contribution in [0.2, 0.25) is 0 Å². The molecule has 1 atom stereocenters. The Kier molecular flexibility index (Phi) is 4.73. The van der Waals surface area contributed by atoms with Crippen LogP contribution in [0.5, 0.6) is 0 Å². The summed E-state index contributed by atoms with van der Waals surface area (Å²) in [5, 5.41) is 1.98. The SMILES string of the molecule is CCCC(C=O)(OC(=O)CC)c1cccc2ccccc12. The van der Waals surface area contributed by atoms with Crippen LogP contribution < -0.4 is 0 Å². The molecule has 2 aromatic rings. The third-order valence-corrected chi connectivity index (χ3v) is 3.64. The topological polar surface area (TPSA) is 43.4 Å². The number of esters is 1. The molecule has 0 saturated carbocycles. The van der Waals surface area contributed by atoms with Gasteiger partial charge in [-0.2, -0.15) is 0 Å². The van der Waals surface area contributed by atoms with E-state index in [1.807, 2.05) is 49.4 Å². The fraction of sp³-hybridized carbons (Fsp3) is 0.333. The number of ether oxygens (including phenoxy) is 1. The first kappa shape index (κ1) is 15.2. The molecule has 0 saturated heterocycles. The zero-order valence-corrected chi connectivity index (χ0v) is 12.5. The summed E-state index contributed by atoms with van der Waals surface area (Å²) >= 11 is 0. The summed E-state index contributed by atoms with van der Waals surface area (Å²) in [6, 6.07) is 13.6. The normalized spacial score (nSPS) is 13.6. The van der Waals surface area contributed by atoms with Crippen molar-refractivity contribution in [3.05, 3.63) is 48.0 Å². The van der Waals surface area contributed by atoms with Gasteiger partial charge in [0.2, 0.25) is 0 Å². The molecule has 0 aliphatic carbocycles. The second-order valence-corrected chi connectivity index (χ2v) is 5.11. The standard InChI is InChI=1S/C18H20O3/c1-3-12-18(13-19,21-17(20)4-2)16-11-7-9-14-8-5-6-10-15(14)16/h5-11,13H,3-4,12H2,1-2H3. The molecule has 2 rings (SSSR count). The Hall–Kier alpha value is -2.16. The highest BCUT2D eigenvalue weighted by Crippen LogP contribution is 2.34. The maximum absolute atomic E-state index is 11.8. The maximum Gasteiger partial charge on any atom is 0.306 e. The van der Waals surface area contributed by atoms with Crippen LogP contribution in [-0.2, 0) is 19.9 Å². The van der Waals surface area contributed by atoms with Crippen LogP contribution in [-0.4, -0.2) is 12.3 Å². The number of carbonyl (C=O) groups is 2. The summed E-state index contributed by atoms with van der Waals surface area (Å²) in [4.78, 5) is 23.6. The Labute approximate surface area is 124 Å². The van der Waals surface area contributed by atoms with Crippen LogP contribution in [0.3, 0.4) is 0 Å². The van der Waals surface area contributed by atoms with E-state index in [0.717, 1.165) is 29.0 Å². The minimum atomic E-state index is -1.19. The van der Waals surface area contributed by atoms with E-state index in [2.05, 4.69) is 0 Å². The third kappa shape index (κ3) is 2.97. The zero-order chi connectivity index (χ0) is 15.3. The molecule has 21 heavy (non-hydrogen) atoms. The number of carbonyl (C=O) groups excluding carboxylic acids is 2. The van der Waals surface area contributed by atoms with Crippen LogP contribution in [0.25, 0.3) is 10.8 Å². The van der Waals surface area contributed by atoms with Crippen molar-refractivity contribution in [2.75, 3.05) is 0 Å². The highest BCUT2D eigenvalue weighted by molar-refractivity contribution is 5.90. The van der Waals surface area contributed by atoms with Gasteiger partial charge in [0.1, 0.15) is 0 Å². The number of hydrogen-bond acceptors (Lipinski definition) is 3. The van der Waals surface area contributed by atoms with Gasteiger partial charge in [-0.1, -0.05) is 62.7 Å². The van der Waals surface area contributed by atoms with Crippen molar-refractivity contribution in [2.24, 2.45) is 0 Å². The summed E-state index contributed by atoms with van der Waals surface area (Å²) in [5.74, 6) is -0.358. The summed E-state index contributed by atoms with van der Waals surface area (Å²) in [7, 11) is 0.